The lowest BCUT2D eigenvalue weighted by molar-refractivity contribution is 0.454. The Balaban J connectivity index is 2.41. The minimum atomic E-state index is 0.490. The molecule has 0 spiro atoms. The highest BCUT2D eigenvalue weighted by Gasteiger charge is 2.11. The third-order valence-electron chi connectivity index (χ3n) is 2.57. The number of aromatic nitrogens is 4. The van der Waals surface area contributed by atoms with Crippen LogP contribution in [-0.4, -0.2) is 32.8 Å². The molecule has 0 aliphatic rings. The zero-order valence-electron chi connectivity index (χ0n) is 10.6. The number of hydrogen-bond donors (Lipinski definition) is 1. The van der Waals surface area contributed by atoms with Crippen molar-refractivity contribution in [2.45, 2.75) is 52.0 Å². The van der Waals surface area contributed by atoms with Gasteiger partial charge < -0.3 is 5.32 Å². The first-order valence-corrected chi connectivity index (χ1v) is 6.22. The van der Waals surface area contributed by atoms with Crippen molar-refractivity contribution in [1.29, 1.82) is 0 Å². The highest BCUT2D eigenvalue weighted by atomic mass is 15.6. The number of nitrogens with one attached hydrogen (secondary N) is 1. The number of tetrazole rings is 1. The van der Waals surface area contributed by atoms with Crippen molar-refractivity contribution in [2.75, 3.05) is 6.54 Å². The van der Waals surface area contributed by atoms with Crippen molar-refractivity contribution < 1.29 is 0 Å². The Hall–Kier alpha value is -0.970. The Morgan fingerprint density at radius 3 is 2.69 bits per heavy atom. The predicted octanol–water partition coefficient (Wildman–Crippen LogP) is 1.31. The normalized spacial score (nSPS) is 12.9. The van der Waals surface area contributed by atoms with Gasteiger partial charge in [0.15, 0.2) is 5.82 Å². The van der Waals surface area contributed by atoms with E-state index in [2.05, 4.69) is 34.6 Å². The molecular weight excluding hydrogens is 202 g/mol. The molecule has 92 valence electrons. The molecule has 0 bridgehead atoms. The van der Waals surface area contributed by atoms with Gasteiger partial charge in [-0.1, -0.05) is 26.7 Å². The molecule has 1 heterocycles. The number of rotatable bonds is 8. The van der Waals surface area contributed by atoms with E-state index < -0.39 is 0 Å². The highest BCUT2D eigenvalue weighted by Crippen LogP contribution is 2.05. The zero-order valence-corrected chi connectivity index (χ0v) is 10.6. The van der Waals surface area contributed by atoms with Gasteiger partial charge in [-0.15, -0.1) is 10.2 Å². The van der Waals surface area contributed by atoms with Crippen molar-refractivity contribution in [3.8, 4) is 0 Å². The average molecular weight is 225 g/mol. The van der Waals surface area contributed by atoms with Crippen molar-refractivity contribution in [3.63, 3.8) is 0 Å². The second-order valence-corrected chi connectivity index (χ2v) is 4.19. The molecule has 16 heavy (non-hydrogen) atoms. The van der Waals surface area contributed by atoms with Crippen molar-refractivity contribution >= 4 is 0 Å². The van der Waals surface area contributed by atoms with Crippen LogP contribution in [0.5, 0.6) is 0 Å². The monoisotopic (exact) mass is 225 g/mol. The molecule has 1 aromatic heterocycles. The van der Waals surface area contributed by atoms with Gasteiger partial charge in [-0.3, -0.25) is 0 Å². The number of hydrogen-bond acceptors (Lipinski definition) is 4. The number of nitrogens with zero attached hydrogens (tertiary/aromatic N) is 4. The van der Waals surface area contributed by atoms with E-state index in [0.717, 1.165) is 25.2 Å². The number of aryl methyl sites for hydroxylation is 1. The van der Waals surface area contributed by atoms with E-state index >= 15 is 0 Å². The summed E-state index contributed by atoms with van der Waals surface area (Å²) >= 11 is 0. The SMILES string of the molecule is CCCCC(Cc1nnn(C)n1)NCCC. The van der Waals surface area contributed by atoms with Gasteiger partial charge in [0.1, 0.15) is 0 Å². The largest absolute Gasteiger partial charge is 0.314 e. The van der Waals surface area contributed by atoms with Gasteiger partial charge in [-0.05, 0) is 24.6 Å². The Bertz CT molecular complexity index is 276. The summed E-state index contributed by atoms with van der Waals surface area (Å²) in [7, 11) is 1.80. The molecule has 5 heteroatoms. The van der Waals surface area contributed by atoms with Crippen LogP contribution < -0.4 is 5.32 Å². The Morgan fingerprint density at radius 1 is 1.31 bits per heavy atom. The maximum absolute atomic E-state index is 4.22. The van der Waals surface area contributed by atoms with Gasteiger partial charge in [-0.2, -0.15) is 4.80 Å². The molecule has 0 saturated heterocycles. The fraction of sp³-hybridized carbons (Fsp3) is 0.909. The van der Waals surface area contributed by atoms with Crippen molar-refractivity contribution in [1.82, 2.24) is 25.5 Å². The summed E-state index contributed by atoms with van der Waals surface area (Å²) in [6, 6.07) is 0.490. The quantitative estimate of drug-likeness (QED) is 0.725. The van der Waals surface area contributed by atoms with Crippen LogP contribution in [0.1, 0.15) is 45.4 Å². The molecular formula is C11H23N5. The van der Waals surface area contributed by atoms with Gasteiger partial charge in [-0.25, -0.2) is 0 Å². The van der Waals surface area contributed by atoms with Gasteiger partial charge >= 0.3 is 0 Å². The molecule has 0 aliphatic carbocycles. The van der Waals surface area contributed by atoms with Crippen LogP contribution in [0.25, 0.3) is 0 Å². The first-order chi connectivity index (χ1) is 7.76. The second-order valence-electron chi connectivity index (χ2n) is 4.19. The molecule has 1 aromatic rings. The van der Waals surface area contributed by atoms with Crippen LogP contribution in [0.3, 0.4) is 0 Å². The summed E-state index contributed by atoms with van der Waals surface area (Å²) in [6.45, 7) is 5.47. The Labute approximate surface area is 97.6 Å². The standard InChI is InChI=1S/C11H23N5/c1-4-6-7-10(12-8-5-2)9-11-13-15-16(3)14-11/h10,12H,4-9H2,1-3H3. The minimum absolute atomic E-state index is 0.490. The lowest BCUT2D eigenvalue weighted by Crippen LogP contribution is -2.32. The maximum Gasteiger partial charge on any atom is 0.176 e. The van der Waals surface area contributed by atoms with E-state index in [0.29, 0.717) is 6.04 Å². The zero-order chi connectivity index (χ0) is 11.8. The molecule has 0 fully saturated rings. The van der Waals surface area contributed by atoms with E-state index in [1.54, 1.807) is 7.05 Å². The molecule has 0 amide bonds. The van der Waals surface area contributed by atoms with E-state index in [4.69, 9.17) is 0 Å². The summed E-state index contributed by atoms with van der Waals surface area (Å²) in [5, 5.41) is 15.7. The molecule has 1 rings (SSSR count). The molecule has 1 N–H and O–H groups in total. The number of unbranched alkanes of at least 4 members (excludes halogenated alkanes) is 1. The predicted molar refractivity (Wildman–Crippen MR) is 64.1 cm³/mol. The van der Waals surface area contributed by atoms with E-state index in [1.807, 2.05) is 0 Å². The van der Waals surface area contributed by atoms with Crippen LogP contribution in [0.2, 0.25) is 0 Å². The smallest absolute Gasteiger partial charge is 0.176 e. The maximum atomic E-state index is 4.22. The van der Waals surface area contributed by atoms with E-state index in [-0.39, 0.29) is 0 Å². The molecule has 1 atom stereocenters. The van der Waals surface area contributed by atoms with Gasteiger partial charge in [0, 0.05) is 12.5 Å². The average Bonchev–Trinajstić information content (AvgIpc) is 2.68. The first kappa shape index (κ1) is 13.1. The van der Waals surface area contributed by atoms with Crippen LogP contribution in [-0.2, 0) is 13.5 Å². The van der Waals surface area contributed by atoms with Gasteiger partial charge in [0.25, 0.3) is 0 Å². The fourth-order valence-electron chi connectivity index (χ4n) is 1.70. The fourth-order valence-corrected chi connectivity index (χ4v) is 1.70. The lowest BCUT2D eigenvalue weighted by atomic mass is 10.1. The lowest BCUT2D eigenvalue weighted by Gasteiger charge is -2.16. The van der Waals surface area contributed by atoms with Crippen molar-refractivity contribution in [3.05, 3.63) is 5.82 Å². The summed E-state index contributed by atoms with van der Waals surface area (Å²) in [6.07, 6.45) is 5.72. The molecule has 5 nitrogen and oxygen atoms in total. The molecule has 0 radical (unpaired) electrons. The topological polar surface area (TPSA) is 55.6 Å². The van der Waals surface area contributed by atoms with Gasteiger partial charge in [0.2, 0.25) is 0 Å². The van der Waals surface area contributed by atoms with E-state index in [1.165, 1.54) is 24.1 Å². The van der Waals surface area contributed by atoms with E-state index in [9.17, 15) is 0 Å². The summed E-state index contributed by atoms with van der Waals surface area (Å²) in [4.78, 5) is 1.52. The first-order valence-electron chi connectivity index (χ1n) is 6.22. The molecule has 0 aliphatic heterocycles. The van der Waals surface area contributed by atoms with Crippen molar-refractivity contribution in [2.24, 2.45) is 7.05 Å². The Kier molecular flexibility index (Phi) is 6.00. The van der Waals surface area contributed by atoms with Crippen LogP contribution >= 0.6 is 0 Å². The summed E-state index contributed by atoms with van der Waals surface area (Å²) in [5.74, 6) is 0.840. The molecule has 1 unspecified atom stereocenters. The molecule has 0 saturated carbocycles. The summed E-state index contributed by atoms with van der Waals surface area (Å²) in [5.41, 5.74) is 0. The minimum Gasteiger partial charge on any atom is -0.314 e. The highest BCUT2D eigenvalue weighted by molar-refractivity contribution is 4.84. The summed E-state index contributed by atoms with van der Waals surface area (Å²) < 4.78 is 0. The third-order valence-corrected chi connectivity index (χ3v) is 2.57. The Morgan fingerprint density at radius 2 is 2.12 bits per heavy atom. The van der Waals surface area contributed by atoms with Crippen LogP contribution in [0.4, 0.5) is 0 Å². The second kappa shape index (κ2) is 7.33. The van der Waals surface area contributed by atoms with Crippen LogP contribution in [0.15, 0.2) is 0 Å². The third kappa shape index (κ3) is 4.70. The molecule has 0 aromatic carbocycles. The van der Waals surface area contributed by atoms with Crippen LogP contribution in [0, 0.1) is 0 Å². The van der Waals surface area contributed by atoms with Gasteiger partial charge in [0.05, 0.1) is 7.05 Å².